The van der Waals surface area contributed by atoms with Gasteiger partial charge in [-0.25, -0.2) is 0 Å². The topological polar surface area (TPSA) is 76.1 Å². The molecule has 0 saturated carbocycles. The highest BCUT2D eigenvalue weighted by atomic mass is 16.4. The van der Waals surface area contributed by atoms with Gasteiger partial charge in [0.25, 0.3) is 12.0 Å². The highest BCUT2D eigenvalue weighted by Gasteiger charge is 2.11. The highest BCUT2D eigenvalue weighted by molar-refractivity contribution is 5.86. The van der Waals surface area contributed by atoms with E-state index in [9.17, 15) is 0 Å². The van der Waals surface area contributed by atoms with E-state index >= 15 is 0 Å². The summed E-state index contributed by atoms with van der Waals surface area (Å²) in [5.74, 6) is 0. The summed E-state index contributed by atoms with van der Waals surface area (Å²) in [5.41, 5.74) is 9.31. The molecule has 0 saturated heterocycles. The van der Waals surface area contributed by atoms with Crippen LogP contribution in [0.5, 0.6) is 0 Å². The zero-order valence-corrected chi connectivity index (χ0v) is 18.8. The predicted molar refractivity (Wildman–Crippen MR) is 136 cm³/mol. The predicted octanol–water partition coefficient (Wildman–Crippen LogP) is 7.74. The van der Waals surface area contributed by atoms with E-state index < -0.39 is 0 Å². The molecule has 6 nitrogen and oxygen atoms in total. The summed E-state index contributed by atoms with van der Waals surface area (Å²) in [6.07, 6.45) is 0. The minimum atomic E-state index is 0.466. The smallest absolute Gasteiger partial charge is 0.300 e. The first-order chi connectivity index (χ1) is 16.6. The molecule has 0 bridgehead atoms. The summed E-state index contributed by atoms with van der Waals surface area (Å²) in [7, 11) is 0. The summed E-state index contributed by atoms with van der Waals surface area (Å²) < 4.78 is 11.9. The number of aromatic nitrogens is 2. The summed E-state index contributed by atoms with van der Waals surface area (Å²) in [6, 6.07) is 29.1. The minimum absolute atomic E-state index is 0.466. The van der Waals surface area contributed by atoms with Crippen molar-refractivity contribution in [2.24, 2.45) is 0 Å². The Balaban J connectivity index is 1.27. The number of anilines is 4. The zero-order chi connectivity index (χ0) is 23.1. The molecule has 0 fully saturated rings. The normalized spacial score (nSPS) is 11.2. The molecule has 4 aromatic carbocycles. The Morgan fingerprint density at radius 3 is 1.35 bits per heavy atom. The molecule has 166 valence electrons. The molecule has 0 aliphatic heterocycles. The Kier molecular flexibility index (Phi) is 4.77. The molecule has 6 heteroatoms. The molecule has 0 aliphatic rings. The van der Waals surface area contributed by atoms with E-state index in [0.29, 0.717) is 23.2 Å². The first kappa shape index (κ1) is 20.1. The molecule has 0 unspecified atom stereocenters. The van der Waals surface area contributed by atoms with Crippen molar-refractivity contribution in [3.05, 3.63) is 96.1 Å². The van der Waals surface area contributed by atoms with Gasteiger partial charge < -0.3 is 19.5 Å². The van der Waals surface area contributed by atoms with Gasteiger partial charge in [0, 0.05) is 11.4 Å². The SMILES string of the molecule is Cc1ccc(Nc2nc3ccc(-c4ccc5nc(Nc6ccc(C)cc6)oc5c4)cc3o2)cc1. The molecule has 0 atom stereocenters. The minimum Gasteiger partial charge on any atom is -0.423 e. The van der Waals surface area contributed by atoms with Crippen LogP contribution in [0.2, 0.25) is 0 Å². The standard InChI is InChI=1S/C28H22N4O2/c1-17-3-9-21(10-4-17)29-27-31-23-13-7-19(15-25(23)33-27)20-8-14-24-26(16-20)34-28(32-24)30-22-11-5-18(2)6-12-22/h3-16H,1-2H3,(H,29,31)(H,30,32). The number of nitrogens with zero attached hydrogens (tertiary/aromatic N) is 2. The van der Waals surface area contributed by atoms with Gasteiger partial charge in [-0.3, -0.25) is 0 Å². The maximum absolute atomic E-state index is 5.96. The number of nitrogens with one attached hydrogen (secondary N) is 2. The first-order valence-corrected chi connectivity index (χ1v) is 11.1. The molecular weight excluding hydrogens is 424 g/mol. The Hall–Kier alpha value is -4.58. The second-order valence-electron chi connectivity index (χ2n) is 8.39. The van der Waals surface area contributed by atoms with E-state index in [1.165, 1.54) is 11.1 Å². The fourth-order valence-electron chi connectivity index (χ4n) is 3.84. The van der Waals surface area contributed by atoms with Gasteiger partial charge in [-0.05, 0) is 73.5 Å². The Labute approximate surface area is 196 Å². The largest absolute Gasteiger partial charge is 0.423 e. The van der Waals surface area contributed by atoms with Crippen LogP contribution in [0.25, 0.3) is 33.3 Å². The van der Waals surface area contributed by atoms with E-state index in [1.807, 2.05) is 84.9 Å². The summed E-state index contributed by atoms with van der Waals surface area (Å²) in [5, 5.41) is 6.44. The molecule has 0 spiro atoms. The van der Waals surface area contributed by atoms with Crippen molar-refractivity contribution in [2.45, 2.75) is 13.8 Å². The number of fused-ring (bicyclic) bond motifs is 2. The number of benzene rings is 4. The van der Waals surface area contributed by atoms with Crippen LogP contribution in [0.15, 0.2) is 93.8 Å². The number of hydrogen-bond acceptors (Lipinski definition) is 6. The molecule has 2 aromatic heterocycles. The zero-order valence-electron chi connectivity index (χ0n) is 18.8. The molecule has 6 aromatic rings. The fourth-order valence-corrected chi connectivity index (χ4v) is 3.84. The second-order valence-corrected chi connectivity index (χ2v) is 8.39. The van der Waals surface area contributed by atoms with Crippen LogP contribution in [0.3, 0.4) is 0 Å². The van der Waals surface area contributed by atoms with Gasteiger partial charge >= 0.3 is 0 Å². The van der Waals surface area contributed by atoms with Crippen LogP contribution >= 0.6 is 0 Å². The average molecular weight is 447 g/mol. The van der Waals surface area contributed by atoms with E-state index in [1.54, 1.807) is 0 Å². The third-order valence-electron chi connectivity index (χ3n) is 5.72. The van der Waals surface area contributed by atoms with Gasteiger partial charge in [-0.15, -0.1) is 0 Å². The van der Waals surface area contributed by atoms with Crippen molar-refractivity contribution in [1.82, 2.24) is 9.97 Å². The molecule has 2 N–H and O–H groups in total. The molecule has 0 radical (unpaired) electrons. The molecule has 2 heterocycles. The number of oxazole rings is 2. The van der Waals surface area contributed by atoms with Gasteiger partial charge in [0.1, 0.15) is 11.0 Å². The van der Waals surface area contributed by atoms with Crippen LogP contribution in [0, 0.1) is 13.8 Å². The van der Waals surface area contributed by atoms with Crippen molar-refractivity contribution in [3.63, 3.8) is 0 Å². The van der Waals surface area contributed by atoms with Crippen LogP contribution in [0.4, 0.5) is 23.4 Å². The van der Waals surface area contributed by atoms with Gasteiger partial charge in [0.15, 0.2) is 11.2 Å². The van der Waals surface area contributed by atoms with Crippen molar-refractivity contribution < 1.29 is 8.83 Å². The fraction of sp³-hybridized carbons (Fsp3) is 0.0714. The maximum Gasteiger partial charge on any atom is 0.300 e. The van der Waals surface area contributed by atoms with Gasteiger partial charge in [-0.1, -0.05) is 47.5 Å². The lowest BCUT2D eigenvalue weighted by atomic mass is 10.1. The lowest BCUT2D eigenvalue weighted by Crippen LogP contribution is -1.89. The van der Waals surface area contributed by atoms with E-state index in [-0.39, 0.29) is 0 Å². The molecule has 6 rings (SSSR count). The van der Waals surface area contributed by atoms with E-state index in [4.69, 9.17) is 8.83 Å². The Morgan fingerprint density at radius 1 is 0.529 bits per heavy atom. The van der Waals surface area contributed by atoms with Gasteiger partial charge in [0.05, 0.1) is 0 Å². The molecule has 34 heavy (non-hydrogen) atoms. The van der Waals surface area contributed by atoms with Crippen molar-refractivity contribution in [3.8, 4) is 11.1 Å². The monoisotopic (exact) mass is 446 g/mol. The maximum atomic E-state index is 5.96. The van der Waals surface area contributed by atoms with Crippen LogP contribution < -0.4 is 10.6 Å². The first-order valence-electron chi connectivity index (χ1n) is 11.1. The second kappa shape index (κ2) is 8.08. The van der Waals surface area contributed by atoms with Crippen LogP contribution in [0.1, 0.15) is 11.1 Å². The lowest BCUT2D eigenvalue weighted by molar-refractivity contribution is 0.622. The quantitative estimate of drug-likeness (QED) is 0.282. The van der Waals surface area contributed by atoms with Crippen molar-refractivity contribution in [1.29, 1.82) is 0 Å². The summed E-state index contributed by atoms with van der Waals surface area (Å²) >= 11 is 0. The van der Waals surface area contributed by atoms with Crippen LogP contribution in [-0.4, -0.2) is 9.97 Å². The Morgan fingerprint density at radius 2 is 0.941 bits per heavy atom. The molecular formula is C28H22N4O2. The van der Waals surface area contributed by atoms with Gasteiger partial charge in [0.2, 0.25) is 0 Å². The third-order valence-corrected chi connectivity index (χ3v) is 5.72. The van der Waals surface area contributed by atoms with E-state index in [0.717, 1.165) is 33.5 Å². The van der Waals surface area contributed by atoms with E-state index in [2.05, 4.69) is 34.4 Å². The number of aryl methyl sites for hydroxylation is 2. The van der Waals surface area contributed by atoms with Crippen molar-refractivity contribution in [2.75, 3.05) is 10.6 Å². The van der Waals surface area contributed by atoms with Crippen LogP contribution in [-0.2, 0) is 0 Å². The summed E-state index contributed by atoms with van der Waals surface area (Å²) in [4.78, 5) is 9.10. The van der Waals surface area contributed by atoms with Crippen molar-refractivity contribution >= 4 is 45.6 Å². The highest BCUT2D eigenvalue weighted by Crippen LogP contribution is 2.31. The number of hydrogen-bond donors (Lipinski definition) is 2. The number of rotatable bonds is 5. The Bertz CT molecular complexity index is 1490. The molecule has 0 amide bonds. The van der Waals surface area contributed by atoms with Gasteiger partial charge in [-0.2, -0.15) is 9.97 Å². The third kappa shape index (κ3) is 3.97. The average Bonchev–Trinajstić information content (AvgIpc) is 3.43. The molecule has 0 aliphatic carbocycles. The summed E-state index contributed by atoms with van der Waals surface area (Å²) in [6.45, 7) is 4.12. The lowest BCUT2D eigenvalue weighted by Gasteiger charge is -2.01.